The Hall–Kier alpha value is -2.17. The summed E-state index contributed by atoms with van der Waals surface area (Å²) in [7, 11) is -1.77. The number of hydrogen-bond donors (Lipinski definition) is 1. The molecule has 0 unspecified atom stereocenters. The van der Waals surface area contributed by atoms with Crippen molar-refractivity contribution in [3.63, 3.8) is 0 Å². The number of rotatable bonds is 3. The quantitative estimate of drug-likeness (QED) is 0.734. The molecule has 9 nitrogen and oxygen atoms in total. The minimum Gasteiger partial charge on any atom is -0.479 e. The van der Waals surface area contributed by atoms with E-state index in [1.165, 1.54) is 10.4 Å². The Morgan fingerprint density at radius 2 is 1.87 bits per heavy atom. The number of ether oxygens (including phenoxy) is 1. The van der Waals surface area contributed by atoms with Crippen LogP contribution in [0.25, 0.3) is 0 Å². The average molecular weight is 451 g/mol. The number of piperazine rings is 1. The molecule has 0 spiro atoms. The van der Waals surface area contributed by atoms with Crippen molar-refractivity contribution in [3.05, 3.63) is 17.7 Å². The van der Waals surface area contributed by atoms with Gasteiger partial charge in [-0.25, -0.2) is 8.42 Å². The molecule has 1 aromatic rings. The maximum Gasteiger partial charge on any atom is 0.265 e. The smallest absolute Gasteiger partial charge is 0.265 e. The summed E-state index contributed by atoms with van der Waals surface area (Å²) in [6.07, 6.45) is 0.663. The van der Waals surface area contributed by atoms with Crippen LogP contribution in [0.1, 0.15) is 25.3 Å². The van der Waals surface area contributed by atoms with Crippen LogP contribution in [0.5, 0.6) is 5.75 Å². The van der Waals surface area contributed by atoms with E-state index in [4.69, 9.17) is 4.74 Å². The molecule has 31 heavy (non-hydrogen) atoms. The summed E-state index contributed by atoms with van der Waals surface area (Å²) in [4.78, 5) is 29.1. The van der Waals surface area contributed by atoms with E-state index in [9.17, 15) is 18.0 Å². The van der Waals surface area contributed by atoms with E-state index < -0.39 is 16.1 Å². The Balaban J connectivity index is 1.54. The van der Waals surface area contributed by atoms with Gasteiger partial charge in [0.1, 0.15) is 5.75 Å². The van der Waals surface area contributed by atoms with Gasteiger partial charge in [0.2, 0.25) is 15.9 Å². The summed E-state index contributed by atoms with van der Waals surface area (Å²) in [6.45, 7) is 6.94. The molecule has 2 atom stereocenters. The number of amides is 2. The summed E-state index contributed by atoms with van der Waals surface area (Å²) < 4.78 is 34.0. The molecule has 0 saturated carbocycles. The number of sulfonamides is 1. The third-order valence-electron chi connectivity index (χ3n) is 6.37. The second-order valence-corrected chi connectivity index (χ2v) is 10.6. The zero-order valence-electron chi connectivity index (χ0n) is 18.3. The lowest BCUT2D eigenvalue weighted by molar-refractivity contribution is -0.138. The highest BCUT2D eigenvalue weighted by atomic mass is 32.2. The summed E-state index contributed by atoms with van der Waals surface area (Å²) in [5.41, 5.74) is 1.01. The Morgan fingerprint density at radius 3 is 2.58 bits per heavy atom. The van der Waals surface area contributed by atoms with E-state index in [0.717, 1.165) is 13.1 Å². The predicted octanol–water partition coefficient (Wildman–Crippen LogP) is 0.889. The van der Waals surface area contributed by atoms with Crippen LogP contribution in [0, 0.1) is 12.8 Å². The molecule has 3 heterocycles. The summed E-state index contributed by atoms with van der Waals surface area (Å²) in [5.74, 6) is -0.183. The van der Waals surface area contributed by atoms with Gasteiger partial charge in [-0.15, -0.1) is 0 Å². The van der Waals surface area contributed by atoms with Gasteiger partial charge in [0.15, 0.2) is 6.10 Å². The molecule has 0 bridgehead atoms. The van der Waals surface area contributed by atoms with Gasteiger partial charge in [-0.05, 0) is 45.4 Å². The van der Waals surface area contributed by atoms with Gasteiger partial charge in [-0.3, -0.25) is 9.59 Å². The number of nitrogens with zero attached hydrogens (tertiary/aromatic N) is 3. The molecule has 1 N–H and O–H groups in total. The fourth-order valence-corrected chi connectivity index (χ4v) is 6.15. The van der Waals surface area contributed by atoms with Crippen LogP contribution in [0.2, 0.25) is 0 Å². The Bertz CT molecular complexity index is 988. The summed E-state index contributed by atoms with van der Waals surface area (Å²) in [5, 5.41) is 2.74. The highest BCUT2D eigenvalue weighted by Gasteiger charge is 2.37. The maximum absolute atomic E-state index is 13.5. The van der Waals surface area contributed by atoms with Crippen molar-refractivity contribution in [3.8, 4) is 5.75 Å². The van der Waals surface area contributed by atoms with E-state index >= 15 is 0 Å². The number of nitrogens with one attached hydrogen (secondary N) is 1. The zero-order chi connectivity index (χ0) is 22.3. The number of piperidine rings is 1. The molecule has 2 fully saturated rings. The van der Waals surface area contributed by atoms with Crippen LogP contribution in [0.4, 0.5) is 5.69 Å². The third kappa shape index (κ3) is 4.28. The second kappa shape index (κ2) is 8.40. The predicted molar refractivity (Wildman–Crippen MR) is 115 cm³/mol. The molecule has 3 aliphatic rings. The monoisotopic (exact) mass is 450 g/mol. The highest BCUT2D eigenvalue weighted by Crippen LogP contribution is 2.36. The number of aryl methyl sites for hydroxylation is 1. The van der Waals surface area contributed by atoms with Gasteiger partial charge in [0, 0.05) is 45.3 Å². The van der Waals surface area contributed by atoms with Crippen LogP contribution in [0.15, 0.2) is 17.0 Å². The van der Waals surface area contributed by atoms with Crippen molar-refractivity contribution in [1.82, 2.24) is 14.1 Å². The number of likely N-dealkylation sites (N-methyl/N-ethyl adjacent to an activating group) is 1. The van der Waals surface area contributed by atoms with Crippen molar-refractivity contribution in [2.24, 2.45) is 5.92 Å². The molecule has 0 radical (unpaired) electrons. The molecule has 170 valence electrons. The number of carbonyl (C=O) groups excluding carboxylic acids is 2. The van der Waals surface area contributed by atoms with Crippen molar-refractivity contribution < 1.29 is 22.7 Å². The Morgan fingerprint density at radius 1 is 1.16 bits per heavy atom. The Labute approximate surface area is 183 Å². The first-order valence-corrected chi connectivity index (χ1v) is 12.2. The first-order chi connectivity index (χ1) is 14.7. The van der Waals surface area contributed by atoms with Crippen LogP contribution >= 0.6 is 0 Å². The molecule has 10 heteroatoms. The lowest BCUT2D eigenvalue weighted by Crippen LogP contribution is -2.52. The van der Waals surface area contributed by atoms with Crippen molar-refractivity contribution in [2.45, 2.75) is 37.7 Å². The minimum absolute atomic E-state index is 0.0510. The second-order valence-electron chi connectivity index (χ2n) is 8.69. The van der Waals surface area contributed by atoms with Gasteiger partial charge < -0.3 is 19.9 Å². The fraction of sp³-hybridized carbons (Fsp3) is 0.619. The largest absolute Gasteiger partial charge is 0.479 e. The third-order valence-corrected chi connectivity index (χ3v) is 8.38. The van der Waals surface area contributed by atoms with Crippen molar-refractivity contribution >= 4 is 27.5 Å². The van der Waals surface area contributed by atoms with Gasteiger partial charge in [-0.2, -0.15) is 4.31 Å². The topological polar surface area (TPSA) is 99.3 Å². The molecule has 0 aromatic heterocycles. The lowest BCUT2D eigenvalue weighted by atomic mass is 9.98. The molecule has 4 rings (SSSR count). The van der Waals surface area contributed by atoms with E-state index in [0.29, 0.717) is 49.5 Å². The first-order valence-electron chi connectivity index (χ1n) is 10.8. The van der Waals surface area contributed by atoms with E-state index in [1.54, 1.807) is 19.9 Å². The van der Waals surface area contributed by atoms with Crippen LogP contribution in [0.3, 0.4) is 0 Å². The van der Waals surface area contributed by atoms with Gasteiger partial charge >= 0.3 is 0 Å². The average Bonchev–Trinajstić information content (AvgIpc) is 2.74. The normalized spacial score (nSPS) is 25.5. The number of hydrogen-bond acceptors (Lipinski definition) is 6. The number of carbonyl (C=O) groups is 2. The lowest BCUT2D eigenvalue weighted by Gasteiger charge is -2.37. The standard InChI is InChI=1S/C21H30N4O5S/c1-14-11-17-18(30-15(2)20(26)22-17)12-19(14)31(28,29)25-6-4-5-16(13-25)21(27)24-9-7-23(3)8-10-24/h11-12,15-16H,4-10,13H2,1-3H3,(H,22,26)/t15-,16-/m0/s1. The van der Waals surface area contributed by atoms with Crippen LogP contribution < -0.4 is 10.1 Å². The highest BCUT2D eigenvalue weighted by molar-refractivity contribution is 7.89. The number of fused-ring (bicyclic) bond motifs is 1. The van der Waals surface area contributed by atoms with Crippen molar-refractivity contribution in [1.29, 1.82) is 0 Å². The number of benzene rings is 1. The molecular formula is C21H30N4O5S. The maximum atomic E-state index is 13.5. The van der Waals surface area contributed by atoms with Crippen LogP contribution in [-0.2, 0) is 19.6 Å². The van der Waals surface area contributed by atoms with E-state index in [-0.39, 0.29) is 29.2 Å². The molecule has 2 saturated heterocycles. The summed E-state index contributed by atoms with van der Waals surface area (Å²) >= 11 is 0. The molecule has 2 amide bonds. The molecule has 0 aliphatic carbocycles. The zero-order valence-corrected chi connectivity index (χ0v) is 19.1. The van der Waals surface area contributed by atoms with E-state index in [2.05, 4.69) is 10.2 Å². The van der Waals surface area contributed by atoms with Gasteiger partial charge in [-0.1, -0.05) is 0 Å². The molecular weight excluding hydrogens is 420 g/mol. The van der Waals surface area contributed by atoms with E-state index in [1.807, 2.05) is 11.9 Å². The van der Waals surface area contributed by atoms with Gasteiger partial charge in [0.05, 0.1) is 16.5 Å². The number of anilines is 1. The minimum atomic E-state index is -3.80. The SMILES string of the molecule is Cc1cc2c(cc1S(=O)(=O)N1CCC[C@H](C(=O)N3CCN(C)CC3)C1)O[C@@H](C)C(=O)N2. The van der Waals surface area contributed by atoms with Crippen molar-refractivity contribution in [2.75, 3.05) is 51.6 Å². The first kappa shape index (κ1) is 22.0. The summed E-state index contributed by atoms with van der Waals surface area (Å²) in [6, 6.07) is 3.12. The molecule has 1 aromatic carbocycles. The Kier molecular flexibility index (Phi) is 5.97. The molecule has 3 aliphatic heterocycles. The van der Waals surface area contributed by atoms with Crippen LogP contribution in [-0.4, -0.2) is 86.8 Å². The van der Waals surface area contributed by atoms with Gasteiger partial charge in [0.25, 0.3) is 5.91 Å². The fourth-order valence-electron chi connectivity index (χ4n) is 4.41.